The molecular formula is C10H16O3. The fourth-order valence-electron chi connectivity index (χ4n) is 1.65. The summed E-state index contributed by atoms with van der Waals surface area (Å²) in [6.07, 6.45) is 7.16. The largest absolute Gasteiger partial charge is 0.495 e. The Labute approximate surface area is 78.4 Å². The van der Waals surface area contributed by atoms with Crippen LogP contribution in [0.25, 0.3) is 0 Å². The van der Waals surface area contributed by atoms with Crippen molar-refractivity contribution in [3.8, 4) is 0 Å². The molecular weight excluding hydrogens is 168 g/mol. The first-order valence-corrected chi connectivity index (χ1v) is 4.76. The lowest BCUT2D eigenvalue weighted by Crippen LogP contribution is -2.15. The average Bonchev–Trinajstić information content (AvgIpc) is 2.04. The lowest BCUT2D eigenvalue weighted by Gasteiger charge is -2.22. The van der Waals surface area contributed by atoms with Crippen LogP contribution >= 0.6 is 0 Å². The topological polar surface area (TPSA) is 46.5 Å². The van der Waals surface area contributed by atoms with E-state index in [4.69, 9.17) is 9.84 Å². The molecule has 1 aliphatic carbocycles. The minimum Gasteiger partial charge on any atom is -0.495 e. The molecule has 3 nitrogen and oxygen atoms in total. The summed E-state index contributed by atoms with van der Waals surface area (Å²) in [5, 5.41) is 8.46. The molecule has 0 radical (unpaired) electrons. The Morgan fingerprint density at radius 2 is 2.00 bits per heavy atom. The van der Waals surface area contributed by atoms with Gasteiger partial charge in [-0.2, -0.15) is 0 Å². The van der Waals surface area contributed by atoms with Crippen molar-refractivity contribution in [2.75, 3.05) is 0 Å². The van der Waals surface area contributed by atoms with Gasteiger partial charge in [0, 0.05) is 0 Å². The van der Waals surface area contributed by atoms with Gasteiger partial charge in [-0.15, -0.1) is 0 Å². The van der Waals surface area contributed by atoms with Crippen LogP contribution in [0, 0.1) is 0 Å². The van der Waals surface area contributed by atoms with E-state index in [1.807, 2.05) is 0 Å². The highest BCUT2D eigenvalue weighted by Gasteiger charge is 2.14. The first-order valence-electron chi connectivity index (χ1n) is 4.76. The number of rotatable bonds is 3. The van der Waals surface area contributed by atoms with Crippen molar-refractivity contribution in [1.29, 1.82) is 0 Å². The van der Waals surface area contributed by atoms with E-state index in [1.54, 1.807) is 6.92 Å². The van der Waals surface area contributed by atoms with E-state index in [-0.39, 0.29) is 6.10 Å². The van der Waals surface area contributed by atoms with Gasteiger partial charge in [-0.05, 0) is 32.6 Å². The zero-order valence-corrected chi connectivity index (χ0v) is 7.95. The SMILES string of the molecule is C/C(=C/C(=O)O)OC1CCCCC1. The van der Waals surface area contributed by atoms with E-state index < -0.39 is 5.97 Å². The second kappa shape index (κ2) is 4.90. The second-order valence-electron chi connectivity index (χ2n) is 3.47. The van der Waals surface area contributed by atoms with Crippen molar-refractivity contribution in [3.05, 3.63) is 11.8 Å². The molecule has 0 amide bonds. The molecule has 1 aliphatic rings. The minimum atomic E-state index is -0.937. The number of allylic oxidation sites excluding steroid dienone is 1. The van der Waals surface area contributed by atoms with Gasteiger partial charge in [-0.1, -0.05) is 6.42 Å². The van der Waals surface area contributed by atoms with E-state index in [0.29, 0.717) is 5.76 Å². The maximum Gasteiger partial charge on any atom is 0.331 e. The Bertz CT molecular complexity index is 202. The number of hydrogen-bond acceptors (Lipinski definition) is 2. The van der Waals surface area contributed by atoms with Crippen LogP contribution in [0.3, 0.4) is 0 Å². The maximum absolute atomic E-state index is 10.3. The fraction of sp³-hybridized carbons (Fsp3) is 0.700. The summed E-state index contributed by atoms with van der Waals surface area (Å²) >= 11 is 0. The summed E-state index contributed by atoms with van der Waals surface area (Å²) in [5.41, 5.74) is 0. The summed E-state index contributed by atoms with van der Waals surface area (Å²) in [6.45, 7) is 1.70. The number of ether oxygens (including phenoxy) is 1. The summed E-state index contributed by atoms with van der Waals surface area (Å²) in [5.74, 6) is -0.423. The monoisotopic (exact) mass is 184 g/mol. The number of hydrogen-bond donors (Lipinski definition) is 1. The predicted octanol–water partition coefficient (Wildman–Crippen LogP) is 2.32. The van der Waals surface area contributed by atoms with Crippen molar-refractivity contribution < 1.29 is 14.6 Å². The zero-order valence-electron chi connectivity index (χ0n) is 7.95. The van der Waals surface area contributed by atoms with Crippen LogP contribution in [0.5, 0.6) is 0 Å². The van der Waals surface area contributed by atoms with Crippen molar-refractivity contribution in [1.82, 2.24) is 0 Å². The molecule has 0 saturated heterocycles. The average molecular weight is 184 g/mol. The lowest BCUT2D eigenvalue weighted by atomic mass is 9.98. The Morgan fingerprint density at radius 1 is 1.38 bits per heavy atom. The third-order valence-corrected chi connectivity index (χ3v) is 2.23. The van der Waals surface area contributed by atoms with Crippen LogP contribution < -0.4 is 0 Å². The van der Waals surface area contributed by atoms with Crippen molar-refractivity contribution in [3.63, 3.8) is 0 Å². The number of carboxylic acids is 1. The van der Waals surface area contributed by atoms with Gasteiger partial charge in [0.1, 0.15) is 5.76 Å². The summed E-state index contributed by atoms with van der Waals surface area (Å²) in [7, 11) is 0. The summed E-state index contributed by atoms with van der Waals surface area (Å²) in [6, 6.07) is 0. The molecule has 13 heavy (non-hydrogen) atoms. The van der Waals surface area contributed by atoms with Gasteiger partial charge in [0.15, 0.2) is 0 Å². The molecule has 0 aromatic heterocycles. The molecule has 74 valence electrons. The Morgan fingerprint density at radius 3 is 2.54 bits per heavy atom. The van der Waals surface area contributed by atoms with Gasteiger partial charge in [0.05, 0.1) is 12.2 Å². The van der Waals surface area contributed by atoms with Gasteiger partial charge in [-0.25, -0.2) is 4.79 Å². The maximum atomic E-state index is 10.3. The van der Waals surface area contributed by atoms with Crippen molar-refractivity contribution in [2.24, 2.45) is 0 Å². The standard InChI is InChI=1S/C10H16O3/c1-8(7-10(11)12)13-9-5-3-2-4-6-9/h7,9H,2-6H2,1H3,(H,11,12)/b8-7-. The van der Waals surface area contributed by atoms with Gasteiger partial charge in [-0.3, -0.25) is 0 Å². The fourth-order valence-corrected chi connectivity index (χ4v) is 1.65. The molecule has 0 unspecified atom stereocenters. The van der Waals surface area contributed by atoms with Crippen LogP contribution in [0.1, 0.15) is 39.0 Å². The highest BCUT2D eigenvalue weighted by Crippen LogP contribution is 2.22. The van der Waals surface area contributed by atoms with Crippen molar-refractivity contribution >= 4 is 5.97 Å². The van der Waals surface area contributed by atoms with Gasteiger partial charge < -0.3 is 9.84 Å². The van der Waals surface area contributed by atoms with E-state index in [2.05, 4.69) is 0 Å². The Kier molecular flexibility index (Phi) is 3.80. The smallest absolute Gasteiger partial charge is 0.331 e. The molecule has 0 aromatic carbocycles. The summed E-state index contributed by atoms with van der Waals surface area (Å²) < 4.78 is 5.48. The first-order chi connectivity index (χ1) is 6.18. The molecule has 1 N–H and O–H groups in total. The van der Waals surface area contributed by atoms with Crippen LogP contribution in [-0.2, 0) is 9.53 Å². The van der Waals surface area contributed by atoms with E-state index in [9.17, 15) is 4.79 Å². The highest BCUT2D eigenvalue weighted by atomic mass is 16.5. The molecule has 0 spiro atoms. The highest BCUT2D eigenvalue weighted by molar-refractivity contribution is 5.80. The van der Waals surface area contributed by atoms with Gasteiger partial charge in [0.25, 0.3) is 0 Å². The molecule has 0 aromatic rings. The minimum absolute atomic E-state index is 0.240. The van der Waals surface area contributed by atoms with Crippen molar-refractivity contribution in [2.45, 2.75) is 45.1 Å². The molecule has 0 aliphatic heterocycles. The number of carboxylic acid groups (broad SMARTS) is 1. The normalized spacial score (nSPS) is 19.9. The molecule has 3 heteroatoms. The third-order valence-electron chi connectivity index (χ3n) is 2.23. The lowest BCUT2D eigenvalue weighted by molar-refractivity contribution is -0.131. The summed E-state index contributed by atoms with van der Waals surface area (Å²) in [4.78, 5) is 10.3. The molecule has 0 bridgehead atoms. The molecule has 1 rings (SSSR count). The zero-order chi connectivity index (χ0) is 9.68. The van der Waals surface area contributed by atoms with E-state index >= 15 is 0 Å². The number of aliphatic carboxylic acids is 1. The number of carbonyl (C=O) groups is 1. The molecule has 0 atom stereocenters. The van der Waals surface area contributed by atoms with Crippen LogP contribution in [0.4, 0.5) is 0 Å². The molecule has 0 heterocycles. The van der Waals surface area contributed by atoms with Gasteiger partial charge >= 0.3 is 5.97 Å². The first kappa shape index (κ1) is 10.1. The molecule has 1 fully saturated rings. The van der Waals surface area contributed by atoms with Crippen LogP contribution in [0.2, 0.25) is 0 Å². The quantitative estimate of drug-likeness (QED) is 0.541. The van der Waals surface area contributed by atoms with Crippen LogP contribution in [0.15, 0.2) is 11.8 Å². The second-order valence-corrected chi connectivity index (χ2v) is 3.47. The third kappa shape index (κ3) is 3.97. The van der Waals surface area contributed by atoms with E-state index in [0.717, 1.165) is 18.9 Å². The predicted molar refractivity (Wildman–Crippen MR) is 49.4 cm³/mol. The van der Waals surface area contributed by atoms with Crippen LogP contribution in [-0.4, -0.2) is 17.2 Å². The Balaban J connectivity index is 2.33. The Hall–Kier alpha value is -0.990. The van der Waals surface area contributed by atoms with E-state index in [1.165, 1.54) is 19.3 Å². The van der Waals surface area contributed by atoms with Gasteiger partial charge in [0.2, 0.25) is 0 Å². The molecule has 1 saturated carbocycles.